The van der Waals surface area contributed by atoms with Crippen LogP contribution >= 0.6 is 0 Å². The molecule has 2 bridgehead atoms. The quantitative estimate of drug-likeness (QED) is 0.565. The number of benzene rings is 1. The monoisotopic (exact) mass is 442 g/mol. The summed E-state index contributed by atoms with van der Waals surface area (Å²) in [4.78, 5) is 4.36. The normalized spacial score (nSPS) is 41.4. The Labute approximate surface area is 196 Å². The van der Waals surface area contributed by atoms with Crippen molar-refractivity contribution in [2.75, 3.05) is 7.05 Å². The number of allylic oxidation sites excluding steroid dienone is 1. The van der Waals surface area contributed by atoms with Gasteiger partial charge in [0.25, 0.3) is 0 Å². The van der Waals surface area contributed by atoms with E-state index in [1.165, 1.54) is 45.4 Å². The average Bonchev–Trinajstić information content (AvgIpc) is 3.33. The van der Waals surface area contributed by atoms with Crippen LogP contribution in [0.3, 0.4) is 0 Å². The van der Waals surface area contributed by atoms with Crippen LogP contribution in [0.5, 0.6) is 0 Å². The Morgan fingerprint density at radius 1 is 1.12 bits per heavy atom. The summed E-state index contributed by atoms with van der Waals surface area (Å²) in [6.07, 6.45) is 17.7. The van der Waals surface area contributed by atoms with Gasteiger partial charge >= 0.3 is 0 Å². The van der Waals surface area contributed by atoms with Crippen LogP contribution in [-0.4, -0.2) is 39.5 Å². The summed E-state index contributed by atoms with van der Waals surface area (Å²) in [6, 6.07) is 9.31. The summed E-state index contributed by atoms with van der Waals surface area (Å²) < 4.78 is 7.31. The van der Waals surface area contributed by atoms with Gasteiger partial charge in [-0.15, -0.1) is 0 Å². The lowest BCUT2D eigenvalue weighted by molar-refractivity contribution is -0.167. The third kappa shape index (κ3) is 2.66. The maximum absolute atomic E-state index is 10.2. The van der Waals surface area contributed by atoms with Crippen molar-refractivity contribution >= 4 is 10.8 Å². The van der Waals surface area contributed by atoms with Crippen LogP contribution in [0.15, 0.2) is 60.0 Å². The smallest absolute Gasteiger partial charge is 0.0974 e. The predicted octanol–water partition coefficient (Wildman–Crippen LogP) is 6.17. The highest BCUT2D eigenvalue weighted by Crippen LogP contribution is 2.69. The van der Waals surface area contributed by atoms with Gasteiger partial charge in [-0.2, -0.15) is 5.06 Å². The third-order valence-corrected chi connectivity index (χ3v) is 10.2. The number of hydroxylamine groups is 2. The average molecular weight is 443 g/mol. The molecule has 1 aromatic carbocycles. The molecule has 6 atom stereocenters. The van der Waals surface area contributed by atoms with Gasteiger partial charge in [-0.1, -0.05) is 31.2 Å². The highest BCUT2D eigenvalue weighted by molar-refractivity contribution is 5.82. The molecule has 33 heavy (non-hydrogen) atoms. The lowest BCUT2D eigenvalue weighted by Gasteiger charge is -2.54. The van der Waals surface area contributed by atoms with Crippen molar-refractivity contribution in [3.05, 3.63) is 65.5 Å². The Morgan fingerprint density at radius 2 is 2.03 bits per heavy atom. The van der Waals surface area contributed by atoms with Crippen LogP contribution in [0.2, 0.25) is 0 Å². The molecule has 2 aromatic rings. The van der Waals surface area contributed by atoms with Gasteiger partial charge in [0.1, 0.15) is 0 Å². The van der Waals surface area contributed by atoms with Gasteiger partial charge in [-0.3, -0.25) is 4.98 Å². The standard InChI is InChI=1S/C29H34N2O2/c1-27-11-9-23-16-22-5-6-24(31(2)32)17-28(22)12-13-29(23,33-28)26(27)8-7-25(27)20-4-3-19-10-14-30-18-21(19)15-20/h3-4,9-10,14-16,18,24-26,32H,5-8,11-13,17H2,1-2H3/t24?,25?,26-,27?,28-,29-/m1/s1. The largest absolute Gasteiger partial charge is 0.359 e. The zero-order chi connectivity index (χ0) is 22.4. The van der Waals surface area contributed by atoms with E-state index in [2.05, 4.69) is 48.3 Å². The van der Waals surface area contributed by atoms with Gasteiger partial charge in [0.2, 0.25) is 0 Å². The van der Waals surface area contributed by atoms with Crippen molar-refractivity contribution in [1.82, 2.24) is 10.0 Å². The molecule has 1 N–H and O–H groups in total. The second-order valence-electron chi connectivity index (χ2n) is 11.7. The minimum absolute atomic E-state index is 0.139. The Hall–Kier alpha value is -2.01. The molecule has 2 saturated carbocycles. The summed E-state index contributed by atoms with van der Waals surface area (Å²) in [5, 5.41) is 14.1. The van der Waals surface area contributed by atoms with Crippen LogP contribution in [0.1, 0.15) is 69.8 Å². The van der Waals surface area contributed by atoms with Gasteiger partial charge in [0.05, 0.1) is 11.2 Å². The van der Waals surface area contributed by atoms with Crippen LogP contribution < -0.4 is 0 Å². The molecular weight excluding hydrogens is 408 g/mol. The van der Waals surface area contributed by atoms with Crippen molar-refractivity contribution in [2.24, 2.45) is 11.3 Å². The molecule has 172 valence electrons. The Bertz CT molecular complexity index is 1200. The first-order valence-electron chi connectivity index (χ1n) is 12.8. The van der Waals surface area contributed by atoms with Crippen LogP contribution in [-0.2, 0) is 4.74 Å². The maximum Gasteiger partial charge on any atom is 0.0974 e. The number of hydrogen-bond donors (Lipinski definition) is 1. The molecule has 3 unspecified atom stereocenters. The zero-order valence-electron chi connectivity index (χ0n) is 19.8. The molecule has 3 fully saturated rings. The van der Waals surface area contributed by atoms with Crippen molar-refractivity contribution in [1.29, 1.82) is 0 Å². The fourth-order valence-electron chi connectivity index (χ4n) is 8.57. The van der Waals surface area contributed by atoms with E-state index < -0.39 is 0 Å². The molecule has 2 aliphatic heterocycles. The van der Waals surface area contributed by atoms with Crippen LogP contribution in [0.25, 0.3) is 10.8 Å². The van der Waals surface area contributed by atoms with Crippen LogP contribution in [0, 0.1) is 11.3 Å². The molecule has 7 rings (SSSR count). The second kappa shape index (κ2) is 6.78. The number of rotatable bonds is 2. The number of hydrogen-bond acceptors (Lipinski definition) is 4. The van der Waals surface area contributed by atoms with Gasteiger partial charge in [0, 0.05) is 30.9 Å². The summed E-state index contributed by atoms with van der Waals surface area (Å²) in [6.45, 7) is 2.53. The van der Waals surface area contributed by atoms with Crippen molar-refractivity contribution in [3.8, 4) is 0 Å². The van der Waals surface area contributed by atoms with Gasteiger partial charge < -0.3 is 9.94 Å². The third-order valence-electron chi connectivity index (χ3n) is 10.2. The molecule has 1 saturated heterocycles. The zero-order valence-corrected chi connectivity index (χ0v) is 19.8. The Kier molecular flexibility index (Phi) is 4.18. The topological polar surface area (TPSA) is 45.6 Å². The minimum atomic E-state index is -0.164. The molecule has 4 heteroatoms. The van der Waals surface area contributed by atoms with E-state index in [-0.39, 0.29) is 22.7 Å². The molecular formula is C29H34N2O2. The summed E-state index contributed by atoms with van der Waals surface area (Å²) in [5.41, 5.74) is 4.32. The Morgan fingerprint density at radius 3 is 2.91 bits per heavy atom. The number of nitrogens with zero attached hydrogens (tertiary/aromatic N) is 2. The highest BCUT2D eigenvalue weighted by Gasteiger charge is 2.66. The lowest BCUT2D eigenvalue weighted by atomic mass is 9.58. The number of ether oxygens (including phenoxy) is 1. The van der Waals surface area contributed by atoms with E-state index in [9.17, 15) is 5.21 Å². The van der Waals surface area contributed by atoms with E-state index in [4.69, 9.17) is 4.74 Å². The SMILES string of the molecule is CN(O)C1CCC2=CC3=CCC4(C)C(c5ccc6ccncc6c5)CC[C@H]4[C@@]34CC[C@]2(C1)O4. The molecule has 0 amide bonds. The summed E-state index contributed by atoms with van der Waals surface area (Å²) in [7, 11) is 1.80. The van der Waals surface area contributed by atoms with Gasteiger partial charge in [-0.25, -0.2) is 0 Å². The lowest BCUT2D eigenvalue weighted by Crippen LogP contribution is -2.55. The van der Waals surface area contributed by atoms with E-state index in [1.807, 2.05) is 12.4 Å². The van der Waals surface area contributed by atoms with Gasteiger partial charge in [-0.05, 0) is 103 Å². The number of pyridine rings is 1. The van der Waals surface area contributed by atoms with Crippen LogP contribution in [0.4, 0.5) is 0 Å². The first kappa shape index (κ1) is 20.4. The second-order valence-corrected chi connectivity index (χ2v) is 11.7. The number of aromatic nitrogens is 1. The van der Waals surface area contributed by atoms with E-state index >= 15 is 0 Å². The highest BCUT2D eigenvalue weighted by atomic mass is 16.5. The first-order valence-corrected chi connectivity index (χ1v) is 12.8. The fourth-order valence-corrected chi connectivity index (χ4v) is 8.57. The van der Waals surface area contributed by atoms with E-state index in [0.717, 1.165) is 38.5 Å². The predicted molar refractivity (Wildman–Crippen MR) is 129 cm³/mol. The first-order chi connectivity index (χ1) is 15.9. The van der Waals surface area contributed by atoms with Gasteiger partial charge in [0.15, 0.2) is 0 Å². The number of fused-ring (bicyclic) bond motifs is 2. The molecule has 2 spiro atoms. The van der Waals surface area contributed by atoms with Crippen molar-refractivity contribution in [2.45, 2.75) is 81.5 Å². The summed E-state index contributed by atoms with van der Waals surface area (Å²) >= 11 is 0. The fraction of sp³-hybridized carbons (Fsp3) is 0.552. The van der Waals surface area contributed by atoms with Crippen molar-refractivity contribution in [3.63, 3.8) is 0 Å². The van der Waals surface area contributed by atoms with E-state index in [0.29, 0.717) is 11.8 Å². The van der Waals surface area contributed by atoms with E-state index in [1.54, 1.807) is 7.05 Å². The molecule has 3 aliphatic carbocycles. The maximum atomic E-state index is 10.2. The Balaban J connectivity index is 1.28. The minimum Gasteiger partial charge on any atom is -0.359 e. The molecule has 3 heterocycles. The summed E-state index contributed by atoms with van der Waals surface area (Å²) in [5.74, 6) is 1.09. The van der Waals surface area contributed by atoms with Crippen molar-refractivity contribution < 1.29 is 9.94 Å². The molecule has 0 radical (unpaired) electrons. The molecule has 4 nitrogen and oxygen atoms in total. The molecule has 5 aliphatic rings. The molecule has 1 aromatic heterocycles.